The van der Waals surface area contributed by atoms with Gasteiger partial charge in [-0.2, -0.15) is 0 Å². The number of methoxy groups -OCH3 is 1. The summed E-state index contributed by atoms with van der Waals surface area (Å²) in [6, 6.07) is 5.56. The van der Waals surface area contributed by atoms with E-state index in [1.54, 1.807) is 24.3 Å². The number of aromatic nitrogens is 1. The van der Waals surface area contributed by atoms with Gasteiger partial charge in [0.2, 0.25) is 5.91 Å². The first kappa shape index (κ1) is 20.9. The highest BCUT2D eigenvalue weighted by Crippen LogP contribution is 2.29. The van der Waals surface area contributed by atoms with Crippen LogP contribution in [0.25, 0.3) is 6.08 Å². The number of thiazole rings is 1. The summed E-state index contributed by atoms with van der Waals surface area (Å²) < 4.78 is 11.1. The quantitative estimate of drug-likeness (QED) is 0.749. The third kappa shape index (κ3) is 5.57. The van der Waals surface area contributed by atoms with E-state index in [4.69, 9.17) is 9.47 Å². The number of nitrogens with one attached hydrogen (secondary N) is 1. The highest BCUT2D eigenvalue weighted by atomic mass is 32.1. The van der Waals surface area contributed by atoms with Crippen LogP contribution in [-0.2, 0) is 9.59 Å². The van der Waals surface area contributed by atoms with E-state index in [9.17, 15) is 9.59 Å². The number of piperidine rings is 1. The van der Waals surface area contributed by atoms with Crippen molar-refractivity contribution >= 4 is 34.4 Å². The minimum Gasteiger partial charge on any atom is -0.493 e. The molecule has 1 aliphatic heterocycles. The Morgan fingerprint density at radius 3 is 2.97 bits per heavy atom. The molecule has 0 saturated carbocycles. The summed E-state index contributed by atoms with van der Waals surface area (Å²) in [5.41, 5.74) is 0.994. The maximum Gasteiger partial charge on any atom is 0.260 e. The average Bonchev–Trinajstić information content (AvgIpc) is 3.25. The molecule has 0 bridgehead atoms. The Kier molecular flexibility index (Phi) is 7.24. The lowest BCUT2D eigenvalue weighted by molar-refractivity contribution is -0.136. The monoisotopic (exact) mass is 415 g/mol. The van der Waals surface area contributed by atoms with Gasteiger partial charge < -0.3 is 19.7 Å². The number of carbonyl (C=O) groups is 2. The van der Waals surface area contributed by atoms with Gasteiger partial charge in [0.1, 0.15) is 0 Å². The Morgan fingerprint density at radius 2 is 2.24 bits per heavy atom. The molecule has 1 aromatic heterocycles. The first-order valence-corrected chi connectivity index (χ1v) is 10.4. The zero-order chi connectivity index (χ0) is 20.6. The van der Waals surface area contributed by atoms with Crippen molar-refractivity contribution in [2.75, 3.05) is 32.1 Å². The van der Waals surface area contributed by atoms with Crippen LogP contribution in [0.1, 0.15) is 25.3 Å². The topological polar surface area (TPSA) is 80.8 Å². The molecule has 2 aromatic rings. The molecular formula is C21H25N3O4S. The van der Waals surface area contributed by atoms with Gasteiger partial charge in [-0.3, -0.25) is 9.59 Å². The number of nitrogens with zero attached hydrogens (tertiary/aromatic N) is 2. The van der Waals surface area contributed by atoms with Crippen molar-refractivity contribution in [1.29, 1.82) is 0 Å². The van der Waals surface area contributed by atoms with E-state index in [1.165, 1.54) is 11.3 Å². The Bertz CT molecular complexity index is 867. The summed E-state index contributed by atoms with van der Waals surface area (Å²) in [6.07, 6.45) is 7.08. The maximum atomic E-state index is 12.6. The second kappa shape index (κ2) is 10.1. The predicted octanol–water partition coefficient (Wildman–Crippen LogP) is 3.44. The number of benzene rings is 1. The van der Waals surface area contributed by atoms with Crippen LogP contribution in [0.5, 0.6) is 11.5 Å². The van der Waals surface area contributed by atoms with Crippen molar-refractivity contribution in [2.24, 2.45) is 5.92 Å². The van der Waals surface area contributed by atoms with E-state index in [-0.39, 0.29) is 24.3 Å². The van der Waals surface area contributed by atoms with Gasteiger partial charge in [0.15, 0.2) is 23.2 Å². The molecule has 0 radical (unpaired) electrons. The second-order valence-corrected chi connectivity index (χ2v) is 7.60. The lowest BCUT2D eigenvalue weighted by Crippen LogP contribution is -2.45. The SMILES string of the molecule is CC=Cc1ccc(OCC(=O)N2CCCC(C(=O)Nc3nccs3)C2)c(OC)c1. The van der Waals surface area contributed by atoms with Gasteiger partial charge in [0.25, 0.3) is 5.91 Å². The van der Waals surface area contributed by atoms with E-state index < -0.39 is 0 Å². The second-order valence-electron chi connectivity index (χ2n) is 6.70. The third-order valence-electron chi connectivity index (χ3n) is 4.71. The lowest BCUT2D eigenvalue weighted by atomic mass is 9.97. The number of rotatable bonds is 7. The molecule has 0 aliphatic carbocycles. The Morgan fingerprint density at radius 1 is 1.38 bits per heavy atom. The molecule has 1 unspecified atom stereocenters. The zero-order valence-electron chi connectivity index (χ0n) is 16.6. The summed E-state index contributed by atoms with van der Waals surface area (Å²) in [5, 5.41) is 5.20. The van der Waals surface area contributed by atoms with Crippen molar-refractivity contribution in [2.45, 2.75) is 19.8 Å². The van der Waals surface area contributed by atoms with Crippen molar-refractivity contribution in [1.82, 2.24) is 9.88 Å². The number of allylic oxidation sites excluding steroid dienone is 1. The van der Waals surface area contributed by atoms with Crippen LogP contribution >= 0.6 is 11.3 Å². The smallest absolute Gasteiger partial charge is 0.260 e. The fourth-order valence-electron chi connectivity index (χ4n) is 3.24. The van der Waals surface area contributed by atoms with Gasteiger partial charge in [0, 0.05) is 24.7 Å². The molecule has 1 fully saturated rings. The Hall–Kier alpha value is -2.87. The van der Waals surface area contributed by atoms with Gasteiger partial charge in [-0.05, 0) is 37.5 Å². The Labute approximate surface area is 174 Å². The van der Waals surface area contributed by atoms with Crippen LogP contribution < -0.4 is 14.8 Å². The molecule has 1 atom stereocenters. The molecule has 7 nitrogen and oxygen atoms in total. The minimum absolute atomic E-state index is 0.0971. The van der Waals surface area contributed by atoms with E-state index in [0.29, 0.717) is 29.7 Å². The van der Waals surface area contributed by atoms with Gasteiger partial charge in [0.05, 0.1) is 13.0 Å². The van der Waals surface area contributed by atoms with E-state index in [1.807, 2.05) is 36.6 Å². The minimum atomic E-state index is -0.244. The molecule has 2 amide bonds. The molecule has 8 heteroatoms. The first-order chi connectivity index (χ1) is 14.1. The predicted molar refractivity (Wildman–Crippen MR) is 113 cm³/mol. The van der Waals surface area contributed by atoms with E-state index in [2.05, 4.69) is 10.3 Å². The molecule has 1 saturated heterocycles. The molecule has 1 aliphatic rings. The van der Waals surface area contributed by atoms with Crippen LogP contribution in [0.4, 0.5) is 5.13 Å². The van der Waals surface area contributed by atoms with Gasteiger partial charge >= 0.3 is 0 Å². The molecule has 0 spiro atoms. The molecule has 2 heterocycles. The highest BCUT2D eigenvalue weighted by molar-refractivity contribution is 7.13. The average molecular weight is 416 g/mol. The fraction of sp³-hybridized carbons (Fsp3) is 0.381. The van der Waals surface area contributed by atoms with Crippen LogP contribution in [0.3, 0.4) is 0 Å². The number of ether oxygens (including phenoxy) is 2. The van der Waals surface area contributed by atoms with Crippen molar-refractivity contribution in [3.63, 3.8) is 0 Å². The van der Waals surface area contributed by atoms with E-state index in [0.717, 1.165) is 18.4 Å². The standard InChI is InChI=1S/C21H25N3O4S/c1-3-5-15-7-8-17(18(12-15)27-2)28-14-19(25)24-10-4-6-16(13-24)20(26)23-21-22-9-11-29-21/h3,5,7-9,11-12,16H,4,6,10,13-14H2,1-2H3,(H,22,23,26). The van der Waals surface area contributed by atoms with E-state index >= 15 is 0 Å². The highest BCUT2D eigenvalue weighted by Gasteiger charge is 2.29. The van der Waals surface area contributed by atoms with Crippen molar-refractivity contribution in [3.05, 3.63) is 41.4 Å². The van der Waals surface area contributed by atoms with Gasteiger partial charge in [-0.1, -0.05) is 18.2 Å². The largest absolute Gasteiger partial charge is 0.493 e. The number of amides is 2. The fourth-order valence-corrected chi connectivity index (χ4v) is 3.77. The number of hydrogen-bond acceptors (Lipinski definition) is 6. The Balaban J connectivity index is 1.55. The summed E-state index contributed by atoms with van der Waals surface area (Å²) in [5.74, 6) is 0.610. The van der Waals surface area contributed by atoms with Crippen molar-refractivity contribution in [3.8, 4) is 11.5 Å². The molecular weight excluding hydrogens is 390 g/mol. The molecule has 3 rings (SSSR count). The van der Waals surface area contributed by atoms with Crippen LogP contribution in [0, 0.1) is 5.92 Å². The maximum absolute atomic E-state index is 12.6. The summed E-state index contributed by atoms with van der Waals surface area (Å²) >= 11 is 1.38. The number of carbonyl (C=O) groups excluding carboxylic acids is 2. The van der Waals surface area contributed by atoms with Crippen molar-refractivity contribution < 1.29 is 19.1 Å². The summed E-state index contributed by atoms with van der Waals surface area (Å²) in [4.78, 5) is 30.8. The molecule has 29 heavy (non-hydrogen) atoms. The molecule has 154 valence electrons. The number of likely N-dealkylation sites (tertiary alicyclic amines) is 1. The summed E-state index contributed by atoms with van der Waals surface area (Å²) in [6.45, 7) is 2.86. The van der Waals surface area contributed by atoms with Crippen LogP contribution in [0.15, 0.2) is 35.9 Å². The molecule has 1 aromatic carbocycles. The summed E-state index contributed by atoms with van der Waals surface area (Å²) in [7, 11) is 1.57. The van der Waals surface area contributed by atoms with Gasteiger partial charge in [-0.25, -0.2) is 4.98 Å². The van der Waals surface area contributed by atoms with Gasteiger partial charge in [-0.15, -0.1) is 11.3 Å². The lowest BCUT2D eigenvalue weighted by Gasteiger charge is -2.31. The zero-order valence-corrected chi connectivity index (χ0v) is 17.4. The molecule has 1 N–H and O–H groups in total. The normalized spacial score (nSPS) is 16.6. The van der Waals surface area contributed by atoms with Crippen LogP contribution in [0.2, 0.25) is 0 Å². The first-order valence-electron chi connectivity index (χ1n) is 9.52. The third-order valence-corrected chi connectivity index (χ3v) is 5.39. The number of anilines is 1. The van der Waals surface area contributed by atoms with Crippen LogP contribution in [-0.4, -0.2) is 48.5 Å². The number of hydrogen-bond donors (Lipinski definition) is 1.